The summed E-state index contributed by atoms with van der Waals surface area (Å²) in [5.41, 5.74) is 10.4. The van der Waals surface area contributed by atoms with E-state index in [0.29, 0.717) is 29.6 Å². The first-order valence-corrected chi connectivity index (χ1v) is 10.8. The molecule has 1 aliphatic carbocycles. The highest BCUT2D eigenvalue weighted by atomic mass is 16.5. The van der Waals surface area contributed by atoms with Gasteiger partial charge in [-0.15, -0.1) is 0 Å². The van der Waals surface area contributed by atoms with Crippen LogP contribution in [0.1, 0.15) is 42.9 Å². The number of nitrogens with two attached hydrogens (primary N) is 1. The number of aromatic nitrogens is 1. The van der Waals surface area contributed by atoms with E-state index in [-0.39, 0.29) is 24.3 Å². The second kappa shape index (κ2) is 8.24. The van der Waals surface area contributed by atoms with Crippen LogP contribution in [0.3, 0.4) is 0 Å². The molecule has 2 fully saturated rings. The summed E-state index contributed by atoms with van der Waals surface area (Å²) in [6, 6.07) is 7.76. The topological polar surface area (TPSA) is 123 Å². The maximum atomic E-state index is 12.5. The molecule has 1 aromatic carbocycles. The molecule has 1 aromatic heterocycles. The fourth-order valence-electron chi connectivity index (χ4n) is 4.32. The molecule has 31 heavy (non-hydrogen) atoms. The lowest BCUT2D eigenvalue weighted by atomic mass is 9.89. The Hall–Kier alpha value is -3.04. The van der Waals surface area contributed by atoms with E-state index in [9.17, 15) is 4.79 Å². The average molecular weight is 425 g/mol. The summed E-state index contributed by atoms with van der Waals surface area (Å²) in [4.78, 5) is 17.1. The monoisotopic (exact) mass is 424 g/mol. The standard InChI is InChI=1S/C22H28N6O3/c1-24-16-10-19-25-14-8-12(7-13(9-14)17-3-2-6-30-17)11-31-18-5-4-15(18)26-22(29)28-21(27-19)20(16)23/h7-10,15,17-18H,2-6,11,23H2,1H3,(H4,24,25,26,27,28,29)/t15-,17?,18-/m1/s1. The van der Waals surface area contributed by atoms with E-state index in [1.54, 1.807) is 7.05 Å². The van der Waals surface area contributed by atoms with Crippen LogP contribution in [-0.4, -0.2) is 36.8 Å². The number of nitrogen functional groups attached to an aromatic ring is 1. The van der Waals surface area contributed by atoms with Crippen molar-refractivity contribution < 1.29 is 14.3 Å². The predicted molar refractivity (Wildman–Crippen MR) is 120 cm³/mol. The number of rotatable bonds is 2. The van der Waals surface area contributed by atoms with E-state index in [2.05, 4.69) is 44.5 Å². The molecule has 1 unspecified atom stereocenters. The smallest absolute Gasteiger partial charge is 0.320 e. The molecule has 1 saturated heterocycles. The van der Waals surface area contributed by atoms with E-state index in [0.717, 1.165) is 49.1 Å². The van der Waals surface area contributed by atoms with Gasteiger partial charge >= 0.3 is 6.03 Å². The normalized spacial score (nSPS) is 25.2. The molecule has 4 bridgehead atoms. The summed E-state index contributed by atoms with van der Waals surface area (Å²) in [5, 5.41) is 12.2. The average Bonchev–Trinajstić information content (AvgIpc) is 3.28. The van der Waals surface area contributed by atoms with Crippen molar-refractivity contribution in [1.29, 1.82) is 0 Å². The van der Waals surface area contributed by atoms with E-state index >= 15 is 0 Å². The van der Waals surface area contributed by atoms with Gasteiger partial charge in [0.25, 0.3) is 0 Å². The van der Waals surface area contributed by atoms with Gasteiger partial charge in [-0.25, -0.2) is 9.78 Å². The molecule has 3 heterocycles. The third-order valence-electron chi connectivity index (χ3n) is 6.14. The molecular formula is C22H28N6O3. The van der Waals surface area contributed by atoms with Crippen molar-refractivity contribution in [2.24, 2.45) is 0 Å². The minimum absolute atomic E-state index is 0.0130. The highest BCUT2D eigenvalue weighted by Gasteiger charge is 2.33. The van der Waals surface area contributed by atoms with Gasteiger partial charge in [0.15, 0.2) is 5.82 Å². The van der Waals surface area contributed by atoms with Crippen LogP contribution in [0.2, 0.25) is 0 Å². The molecule has 0 radical (unpaired) electrons. The lowest BCUT2D eigenvalue weighted by Gasteiger charge is -2.37. The molecule has 1 saturated carbocycles. The molecule has 164 valence electrons. The third kappa shape index (κ3) is 4.11. The lowest BCUT2D eigenvalue weighted by Crippen LogP contribution is -2.52. The molecule has 6 N–H and O–H groups in total. The van der Waals surface area contributed by atoms with Gasteiger partial charge < -0.3 is 31.2 Å². The number of carbonyl (C=O) groups excluding carboxylic acids is 1. The second-order valence-electron chi connectivity index (χ2n) is 8.29. The van der Waals surface area contributed by atoms with Crippen LogP contribution in [0.25, 0.3) is 0 Å². The number of urea groups is 1. The molecule has 0 spiro atoms. The Kier molecular flexibility index (Phi) is 5.29. The van der Waals surface area contributed by atoms with Crippen LogP contribution in [0, 0.1) is 0 Å². The number of carbonyl (C=O) groups is 1. The SMILES string of the molecule is CNc1cc2nc(c1N)NC(=O)N[C@@H]1CC[C@H]1OCc1cc(cc(C3CCCO3)c1)N2. The largest absolute Gasteiger partial charge is 0.394 e. The Morgan fingerprint density at radius 1 is 1.13 bits per heavy atom. The van der Waals surface area contributed by atoms with Crippen LogP contribution < -0.4 is 27.0 Å². The number of nitrogens with one attached hydrogen (secondary N) is 4. The van der Waals surface area contributed by atoms with Gasteiger partial charge in [-0.1, -0.05) is 6.07 Å². The molecule has 2 aliphatic heterocycles. The number of pyridine rings is 1. The number of amides is 2. The van der Waals surface area contributed by atoms with E-state index in [1.807, 2.05) is 6.07 Å². The number of hydrogen-bond acceptors (Lipinski definition) is 7. The summed E-state index contributed by atoms with van der Waals surface area (Å²) in [6.07, 6.45) is 3.96. The Morgan fingerprint density at radius 3 is 2.77 bits per heavy atom. The van der Waals surface area contributed by atoms with Crippen LogP contribution in [0.4, 0.5) is 33.5 Å². The summed E-state index contributed by atoms with van der Waals surface area (Å²) in [7, 11) is 1.78. The number of benzene rings is 1. The Labute approximate surface area is 181 Å². The van der Waals surface area contributed by atoms with Crippen molar-refractivity contribution in [1.82, 2.24) is 10.3 Å². The minimum Gasteiger partial charge on any atom is -0.394 e. The fourth-order valence-corrected chi connectivity index (χ4v) is 4.32. The van der Waals surface area contributed by atoms with Gasteiger partial charge in [0.1, 0.15) is 5.82 Å². The van der Waals surface area contributed by atoms with Crippen molar-refractivity contribution in [2.45, 2.75) is 50.5 Å². The van der Waals surface area contributed by atoms with Crippen molar-refractivity contribution in [2.75, 3.05) is 35.3 Å². The summed E-state index contributed by atoms with van der Waals surface area (Å²) < 4.78 is 12.1. The number of fused-ring (bicyclic) bond motifs is 5. The van der Waals surface area contributed by atoms with Crippen molar-refractivity contribution in [3.8, 4) is 0 Å². The Balaban J connectivity index is 1.55. The zero-order valence-electron chi connectivity index (χ0n) is 17.5. The van der Waals surface area contributed by atoms with Crippen molar-refractivity contribution >= 4 is 34.7 Å². The molecule has 3 aliphatic rings. The van der Waals surface area contributed by atoms with Crippen LogP contribution >= 0.6 is 0 Å². The van der Waals surface area contributed by atoms with Crippen molar-refractivity contribution in [3.05, 3.63) is 35.4 Å². The maximum Gasteiger partial charge on any atom is 0.320 e. The van der Waals surface area contributed by atoms with Gasteiger partial charge in [-0.2, -0.15) is 0 Å². The van der Waals surface area contributed by atoms with Crippen molar-refractivity contribution in [3.63, 3.8) is 0 Å². The van der Waals surface area contributed by atoms with E-state index in [4.69, 9.17) is 15.2 Å². The minimum atomic E-state index is -0.340. The third-order valence-corrected chi connectivity index (χ3v) is 6.14. The van der Waals surface area contributed by atoms with Gasteiger partial charge in [-0.05, 0) is 48.9 Å². The zero-order valence-corrected chi connectivity index (χ0v) is 17.5. The zero-order chi connectivity index (χ0) is 21.4. The summed E-state index contributed by atoms with van der Waals surface area (Å²) in [6.45, 7) is 1.26. The molecule has 3 atom stereocenters. The first-order chi connectivity index (χ1) is 15.1. The number of ether oxygens (including phenoxy) is 2. The molecule has 9 nitrogen and oxygen atoms in total. The number of anilines is 5. The first-order valence-electron chi connectivity index (χ1n) is 10.8. The highest BCUT2D eigenvalue weighted by molar-refractivity contribution is 5.94. The summed E-state index contributed by atoms with van der Waals surface area (Å²) >= 11 is 0. The van der Waals surface area contributed by atoms with Gasteiger partial charge in [0.05, 0.1) is 36.2 Å². The van der Waals surface area contributed by atoms with Crippen LogP contribution in [-0.2, 0) is 16.1 Å². The quantitative estimate of drug-likeness (QED) is 0.500. The van der Waals surface area contributed by atoms with E-state index in [1.165, 1.54) is 0 Å². The van der Waals surface area contributed by atoms with E-state index < -0.39 is 0 Å². The fraction of sp³-hybridized carbons (Fsp3) is 0.455. The molecule has 2 amide bonds. The number of nitrogens with zero attached hydrogens (tertiary/aromatic N) is 1. The van der Waals surface area contributed by atoms with Gasteiger partial charge in [-0.3, -0.25) is 5.32 Å². The molecule has 2 aromatic rings. The van der Waals surface area contributed by atoms with Crippen LogP contribution in [0.5, 0.6) is 0 Å². The molecule has 9 heteroatoms. The highest BCUT2D eigenvalue weighted by Crippen LogP contribution is 2.35. The van der Waals surface area contributed by atoms with Gasteiger partial charge in [0, 0.05) is 25.4 Å². The molecule has 5 rings (SSSR count). The first kappa shape index (κ1) is 19.9. The number of hydrogen-bond donors (Lipinski definition) is 5. The lowest BCUT2D eigenvalue weighted by molar-refractivity contribution is -0.0320. The Bertz CT molecular complexity index is 991. The maximum absolute atomic E-state index is 12.5. The van der Waals surface area contributed by atoms with Crippen LogP contribution in [0.15, 0.2) is 24.3 Å². The summed E-state index contributed by atoms with van der Waals surface area (Å²) in [5.74, 6) is 0.875. The van der Waals surface area contributed by atoms with Gasteiger partial charge in [0.2, 0.25) is 0 Å². The Morgan fingerprint density at radius 2 is 2.03 bits per heavy atom. The molecular weight excluding hydrogens is 396 g/mol. The second-order valence-corrected chi connectivity index (χ2v) is 8.29. The predicted octanol–water partition coefficient (Wildman–Crippen LogP) is 3.48.